The van der Waals surface area contributed by atoms with Crippen molar-refractivity contribution in [1.82, 2.24) is 14.9 Å². The third-order valence-corrected chi connectivity index (χ3v) is 5.63. The van der Waals surface area contributed by atoms with Gasteiger partial charge in [0.2, 0.25) is 11.1 Å². The predicted molar refractivity (Wildman–Crippen MR) is 111 cm³/mol. The number of carbonyl (C=O) groups is 1. The number of nitrogens with zero attached hydrogens (tertiary/aromatic N) is 3. The molecule has 0 bridgehead atoms. The smallest absolute Gasteiger partial charge is 0.234 e. The zero-order valence-corrected chi connectivity index (χ0v) is 17.1. The number of carbonyl (C=O) groups excluding carboxylic acids is 1. The van der Waals surface area contributed by atoms with E-state index in [1.54, 1.807) is 36.4 Å². The fourth-order valence-corrected chi connectivity index (χ4v) is 3.49. The van der Waals surface area contributed by atoms with Crippen LogP contribution in [0.4, 0.5) is 5.69 Å². The minimum Gasteiger partial charge on any atom is -0.335 e. The van der Waals surface area contributed by atoms with Gasteiger partial charge in [0.1, 0.15) is 0 Å². The van der Waals surface area contributed by atoms with Crippen LogP contribution in [0.3, 0.4) is 0 Å². The average Bonchev–Trinajstić information content (AvgIpc) is 3.00. The standard InChI is InChI=1S/C17H14Cl3N5OS/c1-9-12(19)3-2-4-14(9)22-15(26)8-27-17-24-23-16(25(17)21)11-7-10(18)5-6-13(11)20/h2-7H,8,21H2,1H3,(H,22,26). The van der Waals surface area contributed by atoms with Gasteiger partial charge in [0.05, 0.1) is 10.8 Å². The van der Waals surface area contributed by atoms with Crippen LogP contribution in [0.2, 0.25) is 15.1 Å². The third kappa shape index (κ3) is 4.50. The Bertz CT molecular complexity index is 1010. The lowest BCUT2D eigenvalue weighted by molar-refractivity contribution is -0.113. The third-order valence-electron chi connectivity index (χ3n) is 3.71. The molecule has 0 aliphatic heterocycles. The Morgan fingerprint density at radius 3 is 2.74 bits per heavy atom. The molecule has 0 unspecified atom stereocenters. The number of nitrogens with two attached hydrogens (primary N) is 1. The van der Waals surface area contributed by atoms with Crippen LogP contribution in [-0.4, -0.2) is 26.5 Å². The number of hydrogen-bond acceptors (Lipinski definition) is 5. The van der Waals surface area contributed by atoms with E-state index in [9.17, 15) is 4.79 Å². The molecule has 0 saturated carbocycles. The molecule has 0 spiro atoms. The molecule has 3 aromatic rings. The number of nitrogens with one attached hydrogen (secondary N) is 1. The summed E-state index contributed by atoms with van der Waals surface area (Å²) in [6.45, 7) is 1.84. The van der Waals surface area contributed by atoms with Gasteiger partial charge in [-0.2, -0.15) is 0 Å². The number of thioether (sulfide) groups is 1. The van der Waals surface area contributed by atoms with Crippen molar-refractivity contribution in [2.24, 2.45) is 0 Å². The highest BCUT2D eigenvalue weighted by Crippen LogP contribution is 2.30. The SMILES string of the molecule is Cc1c(Cl)cccc1NC(=O)CSc1nnc(-c2cc(Cl)ccc2Cl)n1N. The summed E-state index contributed by atoms with van der Waals surface area (Å²) >= 11 is 19.4. The molecule has 6 nitrogen and oxygen atoms in total. The largest absolute Gasteiger partial charge is 0.335 e. The summed E-state index contributed by atoms with van der Waals surface area (Å²) in [5.41, 5.74) is 2.02. The zero-order valence-electron chi connectivity index (χ0n) is 14.0. The van der Waals surface area contributed by atoms with Crippen LogP contribution < -0.4 is 11.2 Å². The Morgan fingerprint density at radius 1 is 1.19 bits per heavy atom. The number of rotatable bonds is 5. The van der Waals surface area contributed by atoms with Crippen LogP contribution in [0, 0.1) is 6.92 Å². The fraction of sp³-hybridized carbons (Fsp3) is 0.118. The van der Waals surface area contributed by atoms with Gasteiger partial charge < -0.3 is 11.2 Å². The molecule has 0 radical (unpaired) electrons. The maximum absolute atomic E-state index is 12.2. The summed E-state index contributed by atoms with van der Waals surface area (Å²) in [6, 6.07) is 10.3. The van der Waals surface area contributed by atoms with Crippen molar-refractivity contribution < 1.29 is 4.79 Å². The van der Waals surface area contributed by atoms with E-state index in [0.717, 1.165) is 17.3 Å². The first-order valence-electron chi connectivity index (χ1n) is 7.70. The number of aromatic nitrogens is 3. The van der Waals surface area contributed by atoms with E-state index in [2.05, 4.69) is 15.5 Å². The molecule has 27 heavy (non-hydrogen) atoms. The fourth-order valence-electron chi connectivity index (χ4n) is 2.29. The molecular formula is C17H14Cl3N5OS. The van der Waals surface area contributed by atoms with E-state index in [1.165, 1.54) is 4.68 Å². The molecule has 1 heterocycles. The molecular weight excluding hydrogens is 429 g/mol. The van der Waals surface area contributed by atoms with Crippen molar-refractivity contribution in [3.8, 4) is 11.4 Å². The highest BCUT2D eigenvalue weighted by atomic mass is 35.5. The van der Waals surface area contributed by atoms with Crippen LogP contribution in [-0.2, 0) is 4.79 Å². The first kappa shape index (κ1) is 19.8. The van der Waals surface area contributed by atoms with Gasteiger partial charge in [-0.05, 0) is 42.8 Å². The first-order chi connectivity index (χ1) is 12.9. The lowest BCUT2D eigenvalue weighted by Gasteiger charge is -2.09. The normalized spacial score (nSPS) is 10.8. The quantitative estimate of drug-likeness (QED) is 0.443. The summed E-state index contributed by atoms with van der Waals surface area (Å²) < 4.78 is 1.28. The molecule has 10 heteroatoms. The van der Waals surface area contributed by atoms with E-state index in [-0.39, 0.29) is 11.7 Å². The number of halogens is 3. The minimum atomic E-state index is -0.212. The molecule has 3 rings (SSSR count). The van der Waals surface area contributed by atoms with E-state index >= 15 is 0 Å². The summed E-state index contributed by atoms with van der Waals surface area (Å²) in [4.78, 5) is 12.2. The Hall–Kier alpha value is -1.93. The molecule has 0 saturated heterocycles. The van der Waals surface area contributed by atoms with Gasteiger partial charge in [-0.1, -0.05) is 52.6 Å². The van der Waals surface area contributed by atoms with Crippen molar-refractivity contribution in [2.75, 3.05) is 16.9 Å². The second kappa shape index (κ2) is 8.39. The second-order valence-corrected chi connectivity index (χ2v) is 7.74. The van der Waals surface area contributed by atoms with Crippen LogP contribution in [0.25, 0.3) is 11.4 Å². The number of benzene rings is 2. The van der Waals surface area contributed by atoms with E-state index in [0.29, 0.717) is 37.3 Å². The molecule has 1 amide bonds. The number of nitrogen functional groups attached to an aromatic ring is 1. The first-order valence-corrected chi connectivity index (χ1v) is 9.82. The molecule has 0 atom stereocenters. The van der Waals surface area contributed by atoms with E-state index in [4.69, 9.17) is 40.6 Å². The van der Waals surface area contributed by atoms with Crippen molar-refractivity contribution >= 4 is 58.2 Å². The minimum absolute atomic E-state index is 0.102. The highest BCUT2D eigenvalue weighted by molar-refractivity contribution is 7.99. The summed E-state index contributed by atoms with van der Waals surface area (Å²) in [7, 11) is 0. The van der Waals surface area contributed by atoms with Crippen LogP contribution >= 0.6 is 46.6 Å². The molecule has 140 valence electrons. The predicted octanol–water partition coefficient (Wildman–Crippen LogP) is 4.66. The molecule has 1 aromatic heterocycles. The molecule has 0 aliphatic carbocycles. The summed E-state index contributed by atoms with van der Waals surface area (Å²) in [5.74, 6) is 6.30. The van der Waals surface area contributed by atoms with Crippen LogP contribution in [0.1, 0.15) is 5.56 Å². The lowest BCUT2D eigenvalue weighted by Crippen LogP contribution is -2.17. The maximum atomic E-state index is 12.2. The maximum Gasteiger partial charge on any atom is 0.234 e. The van der Waals surface area contributed by atoms with Gasteiger partial charge in [0.25, 0.3) is 0 Å². The van der Waals surface area contributed by atoms with Gasteiger partial charge in [-0.3, -0.25) is 4.79 Å². The zero-order chi connectivity index (χ0) is 19.6. The van der Waals surface area contributed by atoms with Gasteiger partial charge >= 0.3 is 0 Å². The Labute approximate surface area is 175 Å². The van der Waals surface area contributed by atoms with Gasteiger partial charge in [-0.25, -0.2) is 4.68 Å². The van der Waals surface area contributed by atoms with Crippen molar-refractivity contribution in [2.45, 2.75) is 12.1 Å². The van der Waals surface area contributed by atoms with Crippen LogP contribution in [0.5, 0.6) is 0 Å². The molecule has 3 N–H and O–H groups in total. The van der Waals surface area contributed by atoms with Crippen molar-refractivity contribution in [3.63, 3.8) is 0 Å². The van der Waals surface area contributed by atoms with Crippen molar-refractivity contribution in [3.05, 3.63) is 57.0 Å². The van der Waals surface area contributed by atoms with E-state index < -0.39 is 0 Å². The monoisotopic (exact) mass is 441 g/mol. The average molecular weight is 443 g/mol. The van der Waals surface area contributed by atoms with E-state index in [1.807, 2.05) is 6.92 Å². The van der Waals surface area contributed by atoms with Crippen LogP contribution in [0.15, 0.2) is 41.6 Å². The topological polar surface area (TPSA) is 85.8 Å². The highest BCUT2D eigenvalue weighted by Gasteiger charge is 2.16. The number of amides is 1. The Balaban J connectivity index is 1.70. The molecule has 0 fully saturated rings. The Morgan fingerprint density at radius 2 is 1.96 bits per heavy atom. The second-order valence-electron chi connectivity index (χ2n) is 5.55. The number of anilines is 1. The van der Waals surface area contributed by atoms with Gasteiger partial charge in [0.15, 0.2) is 5.82 Å². The Kier molecular flexibility index (Phi) is 6.16. The van der Waals surface area contributed by atoms with Gasteiger partial charge in [-0.15, -0.1) is 10.2 Å². The summed E-state index contributed by atoms with van der Waals surface area (Å²) in [5, 5.41) is 12.8. The van der Waals surface area contributed by atoms with Crippen molar-refractivity contribution in [1.29, 1.82) is 0 Å². The van der Waals surface area contributed by atoms with Gasteiger partial charge in [0, 0.05) is 21.3 Å². The molecule has 0 aliphatic rings. The molecule has 2 aromatic carbocycles. The number of hydrogen-bond donors (Lipinski definition) is 2. The summed E-state index contributed by atoms with van der Waals surface area (Å²) in [6.07, 6.45) is 0. The lowest BCUT2D eigenvalue weighted by atomic mass is 10.2.